The van der Waals surface area contributed by atoms with Crippen LogP contribution in [0.2, 0.25) is 0 Å². The van der Waals surface area contributed by atoms with Gasteiger partial charge in [-0.05, 0) is 4.92 Å². The highest BCUT2D eigenvalue weighted by molar-refractivity contribution is 5.70. The Morgan fingerprint density at radius 3 is 2.29 bits per heavy atom. The molecule has 0 unspecified atom stereocenters. The average Bonchev–Trinajstić information content (AvgIpc) is 3.16. The van der Waals surface area contributed by atoms with E-state index in [0.717, 1.165) is 23.3 Å². The zero-order chi connectivity index (χ0) is 17.6. The van der Waals surface area contributed by atoms with E-state index in [1.165, 1.54) is 6.92 Å². The summed E-state index contributed by atoms with van der Waals surface area (Å²) < 4.78 is 57.9. The highest BCUT2D eigenvalue weighted by atomic mass is 19.2. The molecular formula is C13H7F4N5O2. The second-order valence-corrected chi connectivity index (χ2v) is 4.73. The molecule has 0 saturated heterocycles. The molecular weight excluding hydrogens is 334 g/mol. The molecule has 3 rings (SSSR count). The highest BCUT2D eigenvalue weighted by Gasteiger charge is 2.32. The predicted molar refractivity (Wildman–Crippen MR) is 72.4 cm³/mol. The third kappa shape index (κ3) is 2.21. The standard InChI is InChI=1S/C13H7F4N5O2/c1-5-19-11(13(20-5)22(23)24)6-7(14)9(16)12(10(17)8(6)15)21-3-2-18-4-21/h2-4H,1H3,(H,19,20). The van der Waals surface area contributed by atoms with Crippen LogP contribution in [0, 0.1) is 40.3 Å². The predicted octanol–water partition coefficient (Wildman–Crippen LogP) is 3.04. The molecule has 0 bridgehead atoms. The molecule has 0 aliphatic rings. The summed E-state index contributed by atoms with van der Waals surface area (Å²) in [5.74, 6) is -7.97. The number of benzene rings is 1. The molecule has 0 amide bonds. The Hall–Kier alpha value is -3.24. The molecule has 1 aromatic carbocycles. The van der Waals surface area contributed by atoms with Gasteiger partial charge in [0.2, 0.25) is 0 Å². The third-order valence-corrected chi connectivity index (χ3v) is 3.23. The first-order chi connectivity index (χ1) is 11.3. The number of H-pyrrole nitrogens is 1. The molecule has 2 aromatic heterocycles. The van der Waals surface area contributed by atoms with Crippen molar-refractivity contribution in [2.75, 3.05) is 0 Å². The number of aromatic amines is 1. The van der Waals surface area contributed by atoms with Crippen LogP contribution in [0.4, 0.5) is 23.4 Å². The monoisotopic (exact) mass is 341 g/mol. The van der Waals surface area contributed by atoms with Gasteiger partial charge in [0.15, 0.2) is 34.8 Å². The zero-order valence-corrected chi connectivity index (χ0v) is 11.8. The summed E-state index contributed by atoms with van der Waals surface area (Å²) in [6.45, 7) is 1.29. The quantitative estimate of drug-likeness (QED) is 0.343. The number of rotatable bonds is 3. The number of nitro groups is 1. The molecule has 2 heterocycles. The first kappa shape index (κ1) is 15.6. The minimum absolute atomic E-state index is 0.0463. The number of aryl methyl sites for hydroxylation is 1. The summed E-state index contributed by atoms with van der Waals surface area (Å²) >= 11 is 0. The van der Waals surface area contributed by atoms with E-state index in [1.54, 1.807) is 0 Å². The fourth-order valence-electron chi connectivity index (χ4n) is 2.23. The molecule has 24 heavy (non-hydrogen) atoms. The number of aromatic nitrogens is 4. The molecule has 0 atom stereocenters. The second-order valence-electron chi connectivity index (χ2n) is 4.73. The number of imidazole rings is 2. The van der Waals surface area contributed by atoms with Crippen LogP contribution in [-0.2, 0) is 0 Å². The van der Waals surface area contributed by atoms with E-state index < -0.39 is 51.0 Å². The Kier molecular flexibility index (Phi) is 3.55. The van der Waals surface area contributed by atoms with Crippen molar-refractivity contribution in [1.29, 1.82) is 0 Å². The Bertz CT molecular complexity index is 923. The number of halogens is 4. The maximum Gasteiger partial charge on any atom is 0.348 e. The summed E-state index contributed by atoms with van der Waals surface area (Å²) in [4.78, 5) is 19.2. The topological polar surface area (TPSA) is 89.6 Å². The van der Waals surface area contributed by atoms with Gasteiger partial charge in [-0.1, -0.05) is 0 Å². The van der Waals surface area contributed by atoms with Crippen LogP contribution in [0.15, 0.2) is 18.7 Å². The Balaban J connectivity index is 2.35. The molecule has 0 radical (unpaired) electrons. The molecule has 0 fully saturated rings. The lowest BCUT2D eigenvalue weighted by Gasteiger charge is -2.11. The Morgan fingerprint density at radius 2 is 1.79 bits per heavy atom. The van der Waals surface area contributed by atoms with Crippen LogP contribution in [0.3, 0.4) is 0 Å². The van der Waals surface area contributed by atoms with Crippen molar-refractivity contribution < 1.29 is 22.5 Å². The van der Waals surface area contributed by atoms with Gasteiger partial charge in [-0.25, -0.2) is 32.5 Å². The number of nitrogens with zero attached hydrogens (tertiary/aromatic N) is 4. The lowest BCUT2D eigenvalue weighted by molar-refractivity contribution is -0.388. The molecule has 3 aromatic rings. The van der Waals surface area contributed by atoms with Gasteiger partial charge >= 0.3 is 5.82 Å². The van der Waals surface area contributed by atoms with E-state index in [2.05, 4.69) is 15.0 Å². The second kappa shape index (κ2) is 5.44. The van der Waals surface area contributed by atoms with Crippen molar-refractivity contribution >= 4 is 5.82 Å². The van der Waals surface area contributed by atoms with E-state index in [9.17, 15) is 27.7 Å². The van der Waals surface area contributed by atoms with E-state index >= 15 is 0 Å². The summed E-state index contributed by atoms with van der Waals surface area (Å²) in [6, 6.07) is 0. The van der Waals surface area contributed by atoms with Crippen molar-refractivity contribution in [1.82, 2.24) is 19.5 Å². The van der Waals surface area contributed by atoms with E-state index in [-0.39, 0.29) is 5.82 Å². The van der Waals surface area contributed by atoms with E-state index in [1.807, 2.05) is 0 Å². The zero-order valence-electron chi connectivity index (χ0n) is 11.8. The summed E-state index contributed by atoms with van der Waals surface area (Å²) in [5.41, 5.74) is -3.12. The fourth-order valence-corrected chi connectivity index (χ4v) is 2.23. The van der Waals surface area contributed by atoms with Gasteiger partial charge in [-0.3, -0.25) is 0 Å². The molecule has 7 nitrogen and oxygen atoms in total. The van der Waals surface area contributed by atoms with Crippen molar-refractivity contribution in [3.8, 4) is 16.9 Å². The van der Waals surface area contributed by atoms with E-state index in [4.69, 9.17) is 0 Å². The van der Waals surface area contributed by atoms with Crippen molar-refractivity contribution in [2.45, 2.75) is 6.92 Å². The van der Waals surface area contributed by atoms with Crippen LogP contribution in [0.5, 0.6) is 0 Å². The normalized spacial score (nSPS) is 11.0. The summed E-state index contributed by atoms with van der Waals surface area (Å²) in [5, 5.41) is 10.9. The first-order valence-electron chi connectivity index (χ1n) is 6.38. The van der Waals surface area contributed by atoms with Crippen LogP contribution in [0.1, 0.15) is 5.82 Å². The first-order valence-corrected chi connectivity index (χ1v) is 6.38. The number of hydrogen-bond donors (Lipinski definition) is 1. The van der Waals surface area contributed by atoms with Gasteiger partial charge in [0.25, 0.3) is 0 Å². The molecule has 0 saturated carbocycles. The van der Waals surface area contributed by atoms with Crippen LogP contribution in [0.25, 0.3) is 16.9 Å². The largest absolute Gasteiger partial charge is 0.358 e. The highest BCUT2D eigenvalue weighted by Crippen LogP contribution is 2.36. The minimum atomic E-state index is -1.80. The summed E-state index contributed by atoms with van der Waals surface area (Å²) in [6.07, 6.45) is 3.19. The molecule has 124 valence electrons. The van der Waals surface area contributed by atoms with E-state index in [0.29, 0.717) is 0 Å². The Morgan fingerprint density at radius 1 is 1.17 bits per heavy atom. The minimum Gasteiger partial charge on any atom is -0.358 e. The van der Waals surface area contributed by atoms with Crippen molar-refractivity contribution in [3.05, 3.63) is 57.9 Å². The smallest absolute Gasteiger partial charge is 0.348 e. The molecule has 0 aliphatic carbocycles. The van der Waals surface area contributed by atoms with Crippen LogP contribution >= 0.6 is 0 Å². The van der Waals surface area contributed by atoms with Gasteiger partial charge in [-0.15, -0.1) is 0 Å². The molecule has 11 heteroatoms. The maximum absolute atomic E-state index is 14.3. The van der Waals surface area contributed by atoms with Crippen LogP contribution < -0.4 is 0 Å². The van der Waals surface area contributed by atoms with Gasteiger partial charge < -0.3 is 14.7 Å². The molecule has 0 aliphatic heterocycles. The number of hydrogen-bond acceptors (Lipinski definition) is 4. The van der Waals surface area contributed by atoms with Gasteiger partial charge in [0.1, 0.15) is 5.69 Å². The molecule has 1 N–H and O–H groups in total. The molecule has 0 spiro atoms. The summed E-state index contributed by atoms with van der Waals surface area (Å²) in [7, 11) is 0. The lowest BCUT2D eigenvalue weighted by Crippen LogP contribution is -2.08. The van der Waals surface area contributed by atoms with Gasteiger partial charge in [-0.2, -0.15) is 0 Å². The maximum atomic E-state index is 14.3. The lowest BCUT2D eigenvalue weighted by atomic mass is 10.1. The number of nitrogens with one attached hydrogen (secondary N) is 1. The van der Waals surface area contributed by atoms with Gasteiger partial charge in [0.05, 0.1) is 11.9 Å². The van der Waals surface area contributed by atoms with Crippen LogP contribution in [-0.4, -0.2) is 24.4 Å². The fraction of sp³-hybridized carbons (Fsp3) is 0.0769. The Labute approximate surface area is 130 Å². The average molecular weight is 341 g/mol. The van der Waals surface area contributed by atoms with Crippen molar-refractivity contribution in [2.24, 2.45) is 0 Å². The third-order valence-electron chi connectivity index (χ3n) is 3.23. The SMILES string of the molecule is Cc1nc(-c2c(F)c(F)c(-n3ccnc3)c(F)c2F)c([N+](=O)[O-])[nH]1. The van der Waals surface area contributed by atoms with Gasteiger partial charge in [0, 0.05) is 19.3 Å². The van der Waals surface area contributed by atoms with Crippen molar-refractivity contribution in [3.63, 3.8) is 0 Å².